The van der Waals surface area contributed by atoms with Gasteiger partial charge in [-0.3, -0.25) is 0 Å². The molecule has 6 heavy (non-hydrogen) atoms. The van der Waals surface area contributed by atoms with Gasteiger partial charge in [0.25, 0.3) is 0 Å². The lowest BCUT2D eigenvalue weighted by Crippen LogP contribution is -1.85. The van der Waals surface area contributed by atoms with E-state index in [0.717, 1.165) is 0 Å². The van der Waals surface area contributed by atoms with Gasteiger partial charge in [0.1, 0.15) is 0 Å². The molecule has 0 radical (unpaired) electrons. The maximum Gasteiger partial charge on any atom is 0.240 e. The molecular formula is C5H11S+. The zero-order valence-corrected chi connectivity index (χ0v) is 5.38. The standard InChI is InChI=1S/C5H11S/c1-5(2)6(3)4/h3,5H,1-2,4H3/q+1. The van der Waals surface area contributed by atoms with Crippen LogP contribution in [0.25, 0.3) is 0 Å². The SMILES string of the molecule is [CH+]=S(C)C(C)C. The maximum atomic E-state index is 5.46. The summed E-state index contributed by atoms with van der Waals surface area (Å²) in [6, 6.07) is 0. The molecule has 0 aromatic rings. The summed E-state index contributed by atoms with van der Waals surface area (Å²) in [5, 5.41) is 0.657. The fourth-order valence-corrected chi connectivity index (χ4v) is 0. The van der Waals surface area contributed by atoms with Crippen molar-refractivity contribution in [2.75, 3.05) is 6.26 Å². The van der Waals surface area contributed by atoms with Crippen LogP contribution in [-0.4, -0.2) is 17.4 Å². The van der Waals surface area contributed by atoms with Gasteiger partial charge in [-0.25, -0.2) is 0 Å². The molecule has 0 aliphatic heterocycles. The van der Waals surface area contributed by atoms with Crippen LogP contribution in [0.15, 0.2) is 0 Å². The lowest BCUT2D eigenvalue weighted by Gasteiger charge is -1.89. The van der Waals surface area contributed by atoms with E-state index in [2.05, 4.69) is 13.8 Å². The molecule has 36 valence electrons. The second kappa shape index (κ2) is 2.33. The summed E-state index contributed by atoms with van der Waals surface area (Å²) in [6.45, 7) is 4.26. The molecule has 0 saturated heterocycles. The van der Waals surface area contributed by atoms with E-state index in [0.29, 0.717) is 5.25 Å². The van der Waals surface area contributed by atoms with Crippen molar-refractivity contribution in [3.63, 3.8) is 0 Å². The monoisotopic (exact) mass is 103 g/mol. The second-order valence-corrected chi connectivity index (χ2v) is 3.81. The van der Waals surface area contributed by atoms with Crippen molar-refractivity contribution in [2.45, 2.75) is 19.1 Å². The van der Waals surface area contributed by atoms with E-state index < -0.39 is 0 Å². The second-order valence-electron chi connectivity index (χ2n) is 1.66. The first-order chi connectivity index (χ1) is 2.64. The minimum atomic E-state index is 0.133. The van der Waals surface area contributed by atoms with Crippen LogP contribution in [0, 0.1) is 0 Å². The minimum absolute atomic E-state index is 0.133. The average Bonchev–Trinajstić information content (AvgIpc) is 1.36. The quantitative estimate of drug-likeness (QED) is 0.349. The summed E-state index contributed by atoms with van der Waals surface area (Å²) >= 11 is 0. The van der Waals surface area contributed by atoms with Crippen LogP contribution in [0.5, 0.6) is 0 Å². The molecule has 0 saturated carbocycles. The average molecular weight is 103 g/mol. The topological polar surface area (TPSA) is 0 Å². The summed E-state index contributed by atoms with van der Waals surface area (Å²) in [6.07, 6.45) is 2.05. The Hall–Kier alpha value is 0.130. The fourth-order valence-electron chi connectivity index (χ4n) is 0. The van der Waals surface area contributed by atoms with E-state index in [1.807, 2.05) is 6.26 Å². The first-order valence-corrected chi connectivity index (χ1v) is 3.79. The largest absolute Gasteiger partial charge is 0.240 e. The molecule has 0 fully saturated rings. The summed E-state index contributed by atoms with van der Waals surface area (Å²) < 4.78 is 0. The Bertz CT molecular complexity index is 55.0. The van der Waals surface area contributed by atoms with Gasteiger partial charge >= 0.3 is 0 Å². The molecule has 0 aromatic heterocycles. The third-order valence-electron chi connectivity index (χ3n) is 0.744. The van der Waals surface area contributed by atoms with Crippen molar-refractivity contribution in [2.24, 2.45) is 0 Å². The Balaban J connectivity index is 3.26. The van der Waals surface area contributed by atoms with E-state index in [9.17, 15) is 0 Å². The molecule has 0 bridgehead atoms. The Morgan fingerprint density at radius 3 is 1.67 bits per heavy atom. The van der Waals surface area contributed by atoms with Crippen LogP contribution < -0.4 is 0 Å². The van der Waals surface area contributed by atoms with Crippen molar-refractivity contribution in [1.29, 1.82) is 0 Å². The van der Waals surface area contributed by atoms with Crippen LogP contribution >= 0.6 is 10.5 Å². The maximum absolute atomic E-state index is 5.46. The molecule has 0 aromatic carbocycles. The third-order valence-corrected chi connectivity index (χ3v) is 2.23. The van der Waals surface area contributed by atoms with Gasteiger partial charge in [0.05, 0.1) is 0 Å². The normalized spacial score (nSPS) is 15.2. The highest BCUT2D eigenvalue weighted by Gasteiger charge is 1.95. The van der Waals surface area contributed by atoms with E-state index in [-0.39, 0.29) is 10.5 Å². The molecule has 0 N–H and O–H groups in total. The number of hydrogen-bond donors (Lipinski definition) is 0. The highest BCUT2D eigenvalue weighted by molar-refractivity contribution is 8.14. The lowest BCUT2D eigenvalue weighted by molar-refractivity contribution is 1.12. The van der Waals surface area contributed by atoms with Crippen LogP contribution in [0.4, 0.5) is 0 Å². The molecule has 0 aliphatic carbocycles. The first-order valence-electron chi connectivity index (χ1n) is 2.03. The minimum Gasteiger partial charge on any atom is -0.0500 e. The summed E-state index contributed by atoms with van der Waals surface area (Å²) in [7, 11) is 0.133. The predicted molar refractivity (Wildman–Crippen MR) is 34.7 cm³/mol. The van der Waals surface area contributed by atoms with Crippen LogP contribution in [0.3, 0.4) is 0 Å². The first kappa shape index (κ1) is 6.13. The fraction of sp³-hybridized carbons (Fsp3) is 0.800. The van der Waals surface area contributed by atoms with Gasteiger partial charge < -0.3 is 0 Å². The smallest absolute Gasteiger partial charge is 0.0500 e. The van der Waals surface area contributed by atoms with Crippen LogP contribution in [0.1, 0.15) is 13.8 Å². The lowest BCUT2D eigenvalue weighted by atomic mass is 10.6. The Morgan fingerprint density at radius 1 is 1.50 bits per heavy atom. The Labute approximate surface area is 42.5 Å². The molecule has 0 rings (SSSR count). The van der Waals surface area contributed by atoms with Crippen molar-refractivity contribution in [1.82, 2.24) is 0 Å². The van der Waals surface area contributed by atoms with Gasteiger partial charge in [0.15, 0.2) is 0 Å². The van der Waals surface area contributed by atoms with Gasteiger partial charge in [-0.1, -0.05) is 0 Å². The molecule has 1 unspecified atom stereocenters. The molecule has 0 aliphatic rings. The van der Waals surface area contributed by atoms with Crippen LogP contribution in [-0.2, 0) is 0 Å². The Morgan fingerprint density at radius 2 is 1.67 bits per heavy atom. The van der Waals surface area contributed by atoms with Gasteiger partial charge in [0.2, 0.25) is 5.87 Å². The van der Waals surface area contributed by atoms with E-state index in [1.54, 1.807) is 0 Å². The molecule has 0 spiro atoms. The van der Waals surface area contributed by atoms with Gasteiger partial charge in [-0.15, -0.1) is 0 Å². The van der Waals surface area contributed by atoms with Crippen molar-refractivity contribution in [3.8, 4) is 0 Å². The molecule has 1 atom stereocenters. The third kappa shape index (κ3) is 2.37. The highest BCUT2D eigenvalue weighted by atomic mass is 32.2. The summed E-state index contributed by atoms with van der Waals surface area (Å²) in [5.74, 6) is 5.46. The zero-order chi connectivity index (χ0) is 5.15. The molecule has 0 nitrogen and oxygen atoms in total. The number of rotatable bonds is 1. The predicted octanol–water partition coefficient (Wildman–Crippen LogP) is 1.60. The van der Waals surface area contributed by atoms with E-state index in [4.69, 9.17) is 5.87 Å². The van der Waals surface area contributed by atoms with Gasteiger partial charge in [0, 0.05) is 22.0 Å². The van der Waals surface area contributed by atoms with E-state index in [1.165, 1.54) is 0 Å². The van der Waals surface area contributed by atoms with Crippen molar-refractivity contribution < 1.29 is 0 Å². The van der Waals surface area contributed by atoms with Crippen molar-refractivity contribution in [3.05, 3.63) is 0 Å². The summed E-state index contributed by atoms with van der Waals surface area (Å²) in [5.41, 5.74) is 0. The van der Waals surface area contributed by atoms with Gasteiger partial charge in [-0.2, -0.15) is 0 Å². The number of hydrogen-bond acceptors (Lipinski definition) is 0. The molecule has 0 amide bonds. The van der Waals surface area contributed by atoms with Gasteiger partial charge in [-0.05, 0) is 13.8 Å². The Kier molecular flexibility index (Phi) is 2.38. The zero-order valence-electron chi connectivity index (χ0n) is 4.56. The molecule has 1 heteroatoms. The highest BCUT2D eigenvalue weighted by Crippen LogP contribution is 2.09. The summed E-state index contributed by atoms with van der Waals surface area (Å²) in [4.78, 5) is 0. The van der Waals surface area contributed by atoms with E-state index >= 15 is 0 Å². The molecule has 0 heterocycles. The molecular weight excluding hydrogens is 92.1 g/mol. The van der Waals surface area contributed by atoms with Crippen molar-refractivity contribution >= 4 is 16.4 Å². The van der Waals surface area contributed by atoms with Crippen LogP contribution in [0.2, 0.25) is 0 Å².